The second-order valence-electron chi connectivity index (χ2n) is 9.07. The minimum absolute atomic E-state index is 0.186. The van der Waals surface area contributed by atoms with E-state index in [0.29, 0.717) is 34.0 Å². The number of nitrogens with one attached hydrogen (secondary N) is 1. The van der Waals surface area contributed by atoms with Crippen molar-refractivity contribution in [1.29, 1.82) is 0 Å². The fraction of sp³-hybridized carbons (Fsp3) is 0.172. The molecular formula is C29H24N2O4. The van der Waals surface area contributed by atoms with Crippen LogP contribution in [0.15, 0.2) is 71.1 Å². The predicted octanol–water partition coefficient (Wildman–Crippen LogP) is 7.47. The van der Waals surface area contributed by atoms with Gasteiger partial charge in [0.05, 0.1) is 5.69 Å². The number of H-pyrrole nitrogens is 1. The number of para-hydroxylation sites is 1. The lowest BCUT2D eigenvalue weighted by Gasteiger charge is -2.10. The highest BCUT2D eigenvalue weighted by molar-refractivity contribution is 6.09. The molecule has 0 unspecified atom stereocenters. The summed E-state index contributed by atoms with van der Waals surface area (Å²) in [6.07, 6.45) is 2.20. The van der Waals surface area contributed by atoms with Crippen LogP contribution in [0.4, 0.5) is 0 Å². The highest BCUT2D eigenvalue weighted by atomic mass is 16.5. The zero-order valence-electron chi connectivity index (χ0n) is 19.5. The van der Waals surface area contributed by atoms with E-state index in [4.69, 9.17) is 9.15 Å². The largest absolute Gasteiger partial charge is 0.478 e. The third-order valence-electron chi connectivity index (χ3n) is 6.58. The molecule has 35 heavy (non-hydrogen) atoms. The molecule has 0 bridgehead atoms. The van der Waals surface area contributed by atoms with Crippen LogP contribution in [0, 0.1) is 13.8 Å². The van der Waals surface area contributed by atoms with Gasteiger partial charge < -0.3 is 14.3 Å². The number of hydrogen-bond acceptors (Lipinski definition) is 4. The average Bonchev–Trinajstić information content (AvgIpc) is 3.55. The Balaban J connectivity index is 1.47. The summed E-state index contributed by atoms with van der Waals surface area (Å²) < 4.78 is 12.1. The van der Waals surface area contributed by atoms with Gasteiger partial charge in [0.2, 0.25) is 0 Å². The molecule has 174 valence electrons. The molecule has 0 radical (unpaired) electrons. The maximum absolute atomic E-state index is 12.4. The van der Waals surface area contributed by atoms with Gasteiger partial charge in [0.25, 0.3) is 0 Å². The summed E-state index contributed by atoms with van der Waals surface area (Å²) in [7, 11) is 0. The summed E-state index contributed by atoms with van der Waals surface area (Å²) in [6, 6.07) is 20.8. The van der Waals surface area contributed by atoms with Crippen molar-refractivity contribution in [3.8, 4) is 33.9 Å². The number of carboxylic acids is 1. The van der Waals surface area contributed by atoms with E-state index in [-0.39, 0.29) is 5.56 Å². The van der Waals surface area contributed by atoms with E-state index in [1.54, 1.807) is 0 Å². The molecule has 6 rings (SSSR count). The summed E-state index contributed by atoms with van der Waals surface area (Å²) in [5.74, 6) is 1.17. The molecule has 6 heteroatoms. The monoisotopic (exact) mass is 464 g/mol. The highest BCUT2D eigenvalue weighted by Gasteiger charge is 2.31. The first-order valence-electron chi connectivity index (χ1n) is 11.7. The van der Waals surface area contributed by atoms with E-state index < -0.39 is 5.97 Å². The number of carboxylic acid groups (broad SMARTS) is 1. The van der Waals surface area contributed by atoms with Crippen molar-refractivity contribution < 1.29 is 19.1 Å². The van der Waals surface area contributed by atoms with Crippen molar-refractivity contribution in [2.75, 3.05) is 0 Å². The van der Waals surface area contributed by atoms with Crippen molar-refractivity contribution in [3.63, 3.8) is 0 Å². The third kappa shape index (κ3) is 3.77. The molecule has 2 aromatic heterocycles. The molecule has 0 saturated heterocycles. The highest BCUT2D eigenvalue weighted by Crippen LogP contribution is 2.48. The molecular weight excluding hydrogens is 440 g/mol. The molecule has 5 aromatic rings. The molecule has 2 heterocycles. The van der Waals surface area contributed by atoms with E-state index in [9.17, 15) is 9.90 Å². The fourth-order valence-electron chi connectivity index (χ4n) is 4.77. The van der Waals surface area contributed by atoms with Crippen LogP contribution in [0.3, 0.4) is 0 Å². The van der Waals surface area contributed by atoms with Crippen molar-refractivity contribution in [2.24, 2.45) is 0 Å². The van der Waals surface area contributed by atoms with Crippen LogP contribution in [0.25, 0.3) is 33.4 Å². The lowest BCUT2D eigenvalue weighted by molar-refractivity contribution is 0.0699. The van der Waals surface area contributed by atoms with E-state index >= 15 is 0 Å². The Bertz CT molecular complexity index is 1540. The molecule has 0 atom stereocenters. The molecule has 0 spiro atoms. The van der Waals surface area contributed by atoms with Gasteiger partial charge in [-0.15, -0.1) is 0 Å². The molecule has 1 fully saturated rings. The van der Waals surface area contributed by atoms with E-state index in [1.165, 1.54) is 0 Å². The fourth-order valence-corrected chi connectivity index (χ4v) is 4.77. The first-order chi connectivity index (χ1) is 17.0. The lowest BCUT2D eigenvalue weighted by atomic mass is 9.93. The quantitative estimate of drug-likeness (QED) is 0.272. The number of fused-ring (bicyclic) bond motifs is 1. The standard InChI is InChI=1S/C29H24N2O4/c1-16-26(17(2)31-30-16)23-15-25-24(14-22(23)18-8-9-18)27(29(32)33)28(35-25)19-10-12-21(13-11-19)34-20-6-4-3-5-7-20/h3-7,10-15,18H,8-9H2,1-2H3,(H,30,31)(H,32,33). The second-order valence-corrected chi connectivity index (χ2v) is 9.07. The van der Waals surface area contributed by atoms with Gasteiger partial charge in [0, 0.05) is 22.2 Å². The number of furan rings is 1. The molecule has 0 amide bonds. The van der Waals surface area contributed by atoms with Crippen molar-refractivity contribution >= 4 is 16.9 Å². The number of ether oxygens (including phenoxy) is 1. The van der Waals surface area contributed by atoms with Gasteiger partial charge in [-0.25, -0.2) is 4.79 Å². The Hall–Kier alpha value is -4.32. The van der Waals surface area contributed by atoms with E-state index in [0.717, 1.165) is 46.7 Å². The van der Waals surface area contributed by atoms with Gasteiger partial charge in [-0.3, -0.25) is 5.10 Å². The van der Waals surface area contributed by atoms with E-state index in [1.807, 2.05) is 80.6 Å². The summed E-state index contributed by atoms with van der Waals surface area (Å²) in [4.78, 5) is 12.4. The molecule has 2 N–H and O–H groups in total. The maximum atomic E-state index is 12.4. The normalized spacial score (nSPS) is 13.3. The first kappa shape index (κ1) is 21.2. The van der Waals surface area contributed by atoms with Crippen LogP contribution in [0.5, 0.6) is 11.5 Å². The van der Waals surface area contributed by atoms with Crippen LogP contribution in [-0.2, 0) is 0 Å². The number of nitrogens with zero attached hydrogens (tertiary/aromatic N) is 1. The maximum Gasteiger partial charge on any atom is 0.340 e. The van der Waals surface area contributed by atoms with Crippen molar-refractivity contribution in [3.05, 3.63) is 89.2 Å². The lowest BCUT2D eigenvalue weighted by Crippen LogP contribution is -1.98. The number of benzene rings is 3. The Labute approximate surface area is 202 Å². The van der Waals surface area contributed by atoms with Gasteiger partial charge in [-0.05, 0) is 92.3 Å². The predicted molar refractivity (Wildman–Crippen MR) is 134 cm³/mol. The molecule has 6 nitrogen and oxygen atoms in total. The number of hydrogen-bond donors (Lipinski definition) is 2. The number of aryl methyl sites for hydroxylation is 2. The van der Waals surface area contributed by atoms with Gasteiger partial charge in [-0.2, -0.15) is 5.10 Å². The van der Waals surface area contributed by atoms with Crippen LogP contribution in [0.2, 0.25) is 0 Å². The van der Waals surface area contributed by atoms with Crippen LogP contribution < -0.4 is 4.74 Å². The van der Waals surface area contributed by atoms with Crippen LogP contribution >= 0.6 is 0 Å². The summed E-state index contributed by atoms with van der Waals surface area (Å²) >= 11 is 0. The zero-order chi connectivity index (χ0) is 24.1. The SMILES string of the molecule is Cc1n[nH]c(C)c1-c1cc2oc(-c3ccc(Oc4ccccc4)cc3)c(C(=O)O)c2cc1C1CC1. The third-order valence-corrected chi connectivity index (χ3v) is 6.58. The molecule has 0 aliphatic heterocycles. The minimum atomic E-state index is -1.01. The number of rotatable bonds is 6. The molecule has 3 aromatic carbocycles. The molecule has 1 aliphatic carbocycles. The van der Waals surface area contributed by atoms with Crippen molar-refractivity contribution in [2.45, 2.75) is 32.6 Å². The van der Waals surface area contributed by atoms with Gasteiger partial charge in [-0.1, -0.05) is 18.2 Å². The number of aromatic nitrogens is 2. The minimum Gasteiger partial charge on any atom is -0.478 e. The first-order valence-corrected chi connectivity index (χ1v) is 11.7. The average molecular weight is 465 g/mol. The number of carbonyl (C=O) groups is 1. The Morgan fingerprint density at radius 3 is 2.37 bits per heavy atom. The van der Waals surface area contributed by atoms with Crippen LogP contribution in [0.1, 0.15) is 46.1 Å². The zero-order valence-corrected chi connectivity index (χ0v) is 19.5. The summed E-state index contributed by atoms with van der Waals surface area (Å²) in [5, 5.41) is 18.2. The number of aromatic carboxylic acids is 1. The molecule has 1 saturated carbocycles. The van der Waals surface area contributed by atoms with Gasteiger partial charge >= 0.3 is 5.97 Å². The summed E-state index contributed by atoms with van der Waals surface area (Å²) in [5.41, 5.74) is 6.62. The summed E-state index contributed by atoms with van der Waals surface area (Å²) in [6.45, 7) is 3.99. The van der Waals surface area contributed by atoms with Gasteiger partial charge in [0.15, 0.2) is 0 Å². The smallest absolute Gasteiger partial charge is 0.340 e. The number of aromatic amines is 1. The second kappa shape index (κ2) is 8.17. The van der Waals surface area contributed by atoms with Crippen molar-refractivity contribution in [1.82, 2.24) is 10.2 Å². The Kier molecular flexibility index (Phi) is 4.95. The Morgan fingerprint density at radius 2 is 1.74 bits per heavy atom. The van der Waals surface area contributed by atoms with E-state index in [2.05, 4.69) is 10.2 Å². The van der Waals surface area contributed by atoms with Gasteiger partial charge in [0.1, 0.15) is 28.4 Å². The topological polar surface area (TPSA) is 88.4 Å². The molecule has 1 aliphatic rings. The Morgan fingerprint density at radius 1 is 1.03 bits per heavy atom. The van der Waals surface area contributed by atoms with Crippen LogP contribution in [-0.4, -0.2) is 21.3 Å².